The number of hydrogen-bond acceptors (Lipinski definition) is 6. The molecule has 0 aliphatic carbocycles. The van der Waals surface area contributed by atoms with Crippen molar-refractivity contribution in [3.05, 3.63) is 74.8 Å². The summed E-state index contributed by atoms with van der Waals surface area (Å²) < 4.78 is 6.80. The molecule has 4 rings (SSSR count). The van der Waals surface area contributed by atoms with Crippen LogP contribution in [-0.4, -0.2) is 27.5 Å². The number of hydrogen-bond donors (Lipinski definition) is 2. The van der Waals surface area contributed by atoms with E-state index in [-0.39, 0.29) is 21.5 Å². The van der Waals surface area contributed by atoms with Crippen LogP contribution < -0.4 is 10.3 Å². The van der Waals surface area contributed by atoms with Crippen LogP contribution in [0.15, 0.2) is 63.2 Å². The molecular weight excluding hydrogens is 406 g/mol. The minimum Gasteiger partial charge on any atom is -0.497 e. The molecule has 29 heavy (non-hydrogen) atoms. The maximum Gasteiger partial charge on any atom is 0.264 e. The van der Waals surface area contributed by atoms with E-state index in [4.69, 9.17) is 21.9 Å². The van der Waals surface area contributed by atoms with E-state index >= 15 is 0 Å². The van der Waals surface area contributed by atoms with Crippen molar-refractivity contribution in [2.24, 2.45) is 12.0 Å². The van der Waals surface area contributed by atoms with E-state index in [1.807, 2.05) is 48.5 Å². The molecule has 6 nitrogen and oxygen atoms in total. The Balaban J connectivity index is 1.87. The van der Waals surface area contributed by atoms with E-state index < -0.39 is 5.56 Å². The number of thioether (sulfide) groups is 1. The van der Waals surface area contributed by atoms with Gasteiger partial charge in [-0.3, -0.25) is 19.3 Å². The predicted molar refractivity (Wildman–Crippen MR) is 117 cm³/mol. The number of benzene rings is 2. The van der Waals surface area contributed by atoms with Crippen LogP contribution in [0, 0.1) is 4.77 Å². The normalized spacial score (nSPS) is 15.9. The van der Waals surface area contributed by atoms with E-state index in [9.17, 15) is 9.90 Å². The fraction of sp³-hybridized carbons (Fsp3) is 0.190. The van der Waals surface area contributed by atoms with E-state index in [1.165, 1.54) is 4.57 Å². The number of para-hydroxylation sites is 1. The molecule has 0 saturated carbocycles. The number of aliphatic imine (C=N–C) groups is 1. The first kappa shape index (κ1) is 19.5. The number of aromatic hydroxyl groups is 1. The molecule has 1 unspecified atom stereocenters. The van der Waals surface area contributed by atoms with Crippen LogP contribution in [0.1, 0.15) is 22.8 Å². The molecule has 1 aliphatic rings. The van der Waals surface area contributed by atoms with Gasteiger partial charge in [-0.2, -0.15) is 0 Å². The number of methoxy groups -OCH3 is 1. The summed E-state index contributed by atoms with van der Waals surface area (Å²) in [7, 11) is 3.24. The monoisotopic (exact) mass is 425 g/mol. The summed E-state index contributed by atoms with van der Waals surface area (Å²) in [4.78, 5) is 21.1. The second-order valence-corrected chi connectivity index (χ2v) is 8.26. The lowest BCUT2D eigenvalue weighted by molar-refractivity contribution is 0.414. The zero-order valence-corrected chi connectivity index (χ0v) is 17.5. The topological polar surface area (TPSA) is 79.6 Å². The van der Waals surface area contributed by atoms with Crippen molar-refractivity contribution in [1.29, 1.82) is 0 Å². The molecule has 1 aliphatic heterocycles. The number of aromatic nitrogens is 2. The summed E-state index contributed by atoms with van der Waals surface area (Å²) in [5, 5.41) is 10.7. The third kappa shape index (κ3) is 3.73. The number of nitrogens with one attached hydrogen (secondary N) is 1. The molecule has 1 atom stereocenters. The summed E-state index contributed by atoms with van der Waals surface area (Å²) in [5.41, 5.74) is 2.08. The first-order valence-corrected chi connectivity index (χ1v) is 10.3. The second kappa shape index (κ2) is 7.88. The number of aromatic amines is 1. The van der Waals surface area contributed by atoms with Crippen LogP contribution in [0.4, 0.5) is 5.69 Å². The molecule has 0 amide bonds. The summed E-state index contributed by atoms with van der Waals surface area (Å²) in [6.45, 7) is 0. The highest BCUT2D eigenvalue weighted by atomic mass is 32.2. The van der Waals surface area contributed by atoms with Gasteiger partial charge in [-0.05, 0) is 42.0 Å². The minimum absolute atomic E-state index is 0.00981. The van der Waals surface area contributed by atoms with Crippen molar-refractivity contribution in [2.45, 2.75) is 16.6 Å². The van der Waals surface area contributed by atoms with Crippen LogP contribution in [0.2, 0.25) is 0 Å². The third-order valence-electron chi connectivity index (χ3n) is 4.84. The number of fused-ring (bicyclic) bond motifs is 1. The first-order chi connectivity index (χ1) is 14.0. The van der Waals surface area contributed by atoms with Crippen molar-refractivity contribution in [2.75, 3.05) is 7.11 Å². The number of H-pyrrole nitrogens is 1. The van der Waals surface area contributed by atoms with Crippen LogP contribution >= 0.6 is 24.0 Å². The SMILES string of the molecule is COc1ccc(C2CC(c3c(O)n(C)c(=S)[nH]c3=O)=Nc3ccccc3S2)cc1. The highest BCUT2D eigenvalue weighted by Crippen LogP contribution is 2.45. The maximum atomic E-state index is 12.7. The van der Waals surface area contributed by atoms with Crippen molar-refractivity contribution in [3.8, 4) is 11.6 Å². The quantitative estimate of drug-likeness (QED) is 0.604. The zero-order valence-electron chi connectivity index (χ0n) is 15.9. The van der Waals surface area contributed by atoms with Crippen molar-refractivity contribution in [1.82, 2.24) is 9.55 Å². The third-order valence-corrected chi connectivity index (χ3v) is 6.54. The summed E-state index contributed by atoms with van der Waals surface area (Å²) in [6, 6.07) is 15.7. The Bertz CT molecular complexity index is 1210. The van der Waals surface area contributed by atoms with Gasteiger partial charge in [0.1, 0.15) is 11.3 Å². The molecule has 1 aromatic heterocycles. The van der Waals surface area contributed by atoms with Gasteiger partial charge in [0.2, 0.25) is 5.88 Å². The average Bonchev–Trinajstić information content (AvgIpc) is 2.92. The summed E-state index contributed by atoms with van der Waals surface area (Å²) >= 11 is 6.78. The maximum absolute atomic E-state index is 12.7. The molecule has 8 heteroatoms. The van der Waals surface area contributed by atoms with Gasteiger partial charge < -0.3 is 9.84 Å². The van der Waals surface area contributed by atoms with Gasteiger partial charge in [0, 0.05) is 23.6 Å². The average molecular weight is 426 g/mol. The fourth-order valence-electron chi connectivity index (χ4n) is 3.24. The minimum atomic E-state index is -0.442. The van der Waals surface area contributed by atoms with Crippen LogP contribution in [-0.2, 0) is 7.05 Å². The molecule has 148 valence electrons. The Morgan fingerprint density at radius 3 is 2.69 bits per heavy atom. The standard InChI is InChI=1S/C21H19N3O3S2/c1-24-20(26)18(19(25)23-21(24)28)15-11-17(12-7-9-13(27-2)10-8-12)29-16-6-4-3-5-14(16)22-15/h3-10,17,26H,11H2,1-2H3,(H,23,25,28). The van der Waals surface area contributed by atoms with Gasteiger partial charge >= 0.3 is 0 Å². The molecule has 2 N–H and O–H groups in total. The Kier molecular flexibility index (Phi) is 5.29. The lowest BCUT2D eigenvalue weighted by Gasteiger charge is -2.17. The lowest BCUT2D eigenvalue weighted by atomic mass is 10.0. The van der Waals surface area contributed by atoms with Gasteiger partial charge in [0.25, 0.3) is 5.56 Å². The molecule has 2 heterocycles. The van der Waals surface area contributed by atoms with Crippen LogP contribution in [0.3, 0.4) is 0 Å². The van der Waals surface area contributed by atoms with Gasteiger partial charge in [0.05, 0.1) is 18.5 Å². The predicted octanol–water partition coefficient (Wildman–Crippen LogP) is 4.51. The van der Waals surface area contributed by atoms with Crippen LogP contribution in [0.25, 0.3) is 0 Å². The van der Waals surface area contributed by atoms with Crippen molar-refractivity contribution >= 4 is 35.4 Å². The Morgan fingerprint density at radius 2 is 1.97 bits per heavy atom. The van der Waals surface area contributed by atoms with E-state index in [0.717, 1.165) is 21.9 Å². The number of ether oxygens (including phenoxy) is 1. The second-order valence-electron chi connectivity index (χ2n) is 6.63. The Hall–Kier alpha value is -2.84. The molecule has 0 fully saturated rings. The fourth-order valence-corrected chi connectivity index (χ4v) is 4.65. The van der Waals surface area contributed by atoms with E-state index in [2.05, 4.69) is 4.98 Å². The van der Waals surface area contributed by atoms with Gasteiger partial charge in [-0.1, -0.05) is 24.3 Å². The summed E-state index contributed by atoms with van der Waals surface area (Å²) in [6.07, 6.45) is 0.471. The highest BCUT2D eigenvalue weighted by molar-refractivity contribution is 7.99. The Labute approximate surface area is 176 Å². The van der Waals surface area contributed by atoms with Gasteiger partial charge in [-0.25, -0.2) is 0 Å². The smallest absolute Gasteiger partial charge is 0.264 e. The molecule has 0 spiro atoms. The molecule has 3 aromatic rings. The molecule has 0 bridgehead atoms. The zero-order chi connectivity index (χ0) is 20.5. The molecule has 0 radical (unpaired) electrons. The molecule has 2 aromatic carbocycles. The van der Waals surface area contributed by atoms with Gasteiger partial charge in [0.15, 0.2) is 4.77 Å². The highest BCUT2D eigenvalue weighted by Gasteiger charge is 2.26. The Morgan fingerprint density at radius 1 is 1.24 bits per heavy atom. The number of nitrogens with zero attached hydrogens (tertiary/aromatic N) is 2. The van der Waals surface area contributed by atoms with Crippen LogP contribution in [0.5, 0.6) is 11.6 Å². The van der Waals surface area contributed by atoms with E-state index in [0.29, 0.717) is 12.1 Å². The molecular formula is C21H19N3O3S2. The molecule has 0 saturated heterocycles. The summed E-state index contributed by atoms with van der Waals surface area (Å²) in [5.74, 6) is 0.596. The van der Waals surface area contributed by atoms with E-state index in [1.54, 1.807) is 25.9 Å². The van der Waals surface area contributed by atoms with Crippen molar-refractivity contribution in [3.63, 3.8) is 0 Å². The first-order valence-electron chi connectivity index (χ1n) is 8.97. The van der Waals surface area contributed by atoms with Crippen molar-refractivity contribution < 1.29 is 9.84 Å². The van der Waals surface area contributed by atoms with Gasteiger partial charge in [-0.15, -0.1) is 11.8 Å². The lowest BCUT2D eigenvalue weighted by Crippen LogP contribution is -2.23. The number of rotatable bonds is 3. The largest absolute Gasteiger partial charge is 0.497 e.